The summed E-state index contributed by atoms with van der Waals surface area (Å²) in [6.45, 7) is 3.59. The van der Waals surface area contributed by atoms with Gasteiger partial charge in [0.2, 0.25) is 5.88 Å². The van der Waals surface area contributed by atoms with E-state index in [-0.39, 0.29) is 18.1 Å². The van der Waals surface area contributed by atoms with Crippen molar-refractivity contribution in [3.05, 3.63) is 83.8 Å². The third kappa shape index (κ3) is 4.36. The molecule has 0 radical (unpaired) electrons. The second-order valence-electron chi connectivity index (χ2n) is 7.18. The van der Waals surface area contributed by atoms with Crippen molar-refractivity contribution in [3.63, 3.8) is 0 Å². The van der Waals surface area contributed by atoms with Crippen molar-refractivity contribution in [3.8, 4) is 11.9 Å². The van der Waals surface area contributed by atoms with Gasteiger partial charge in [-0.2, -0.15) is 5.26 Å². The average molecular weight is 385 g/mol. The Morgan fingerprint density at radius 1 is 1.14 bits per heavy atom. The van der Waals surface area contributed by atoms with Crippen LogP contribution in [0, 0.1) is 11.3 Å². The van der Waals surface area contributed by atoms with Crippen LogP contribution in [-0.2, 0) is 0 Å². The molecule has 146 valence electrons. The highest BCUT2D eigenvalue weighted by atomic mass is 16.5. The van der Waals surface area contributed by atoms with Crippen molar-refractivity contribution in [2.75, 3.05) is 18.4 Å². The molecular formula is C23H23N5O. The fourth-order valence-corrected chi connectivity index (χ4v) is 3.51. The van der Waals surface area contributed by atoms with Crippen LogP contribution in [0.2, 0.25) is 0 Å². The van der Waals surface area contributed by atoms with E-state index in [1.165, 1.54) is 5.56 Å². The third-order valence-corrected chi connectivity index (χ3v) is 5.17. The molecule has 0 saturated carbocycles. The van der Waals surface area contributed by atoms with Gasteiger partial charge in [0, 0.05) is 18.9 Å². The van der Waals surface area contributed by atoms with E-state index in [1.807, 2.05) is 36.4 Å². The lowest BCUT2D eigenvalue weighted by Crippen LogP contribution is -2.43. The Hall–Kier alpha value is -3.43. The maximum Gasteiger partial charge on any atom is 0.237 e. The number of pyridine rings is 2. The van der Waals surface area contributed by atoms with Gasteiger partial charge >= 0.3 is 0 Å². The molecular weight excluding hydrogens is 362 g/mol. The molecule has 29 heavy (non-hydrogen) atoms. The molecule has 0 spiro atoms. The normalized spacial score (nSPS) is 17.2. The maximum atomic E-state index is 8.93. The molecule has 3 heterocycles. The molecule has 3 aromatic rings. The van der Waals surface area contributed by atoms with Gasteiger partial charge in [-0.25, -0.2) is 9.97 Å². The Morgan fingerprint density at radius 2 is 2.00 bits per heavy atom. The standard InChI is InChI=1S/C23H23N5O/c1-16(18-9-10-19(12-24)26-14-18)13-28-22(17-6-3-2-4-7-17)21-15-27-20-8-5-11-25-23(20)29-21/h2-11,14,16,21-22,27-28H,13,15H2,1H3/t16-,21-,22+/m0/s1. The first-order valence-electron chi connectivity index (χ1n) is 9.74. The number of hydrogen-bond acceptors (Lipinski definition) is 6. The summed E-state index contributed by atoms with van der Waals surface area (Å²) < 4.78 is 6.23. The molecule has 0 saturated heterocycles. The Kier molecular flexibility index (Phi) is 5.68. The van der Waals surface area contributed by atoms with Gasteiger partial charge in [-0.05, 0) is 35.2 Å². The highest BCUT2D eigenvalue weighted by Gasteiger charge is 2.29. The molecule has 6 heteroatoms. The molecule has 0 fully saturated rings. The summed E-state index contributed by atoms with van der Waals surface area (Å²) in [6.07, 6.45) is 3.43. The topological polar surface area (TPSA) is 82.9 Å². The zero-order valence-electron chi connectivity index (χ0n) is 16.2. The highest BCUT2D eigenvalue weighted by molar-refractivity contribution is 5.54. The van der Waals surface area contributed by atoms with Gasteiger partial charge in [0.05, 0.1) is 18.3 Å². The summed E-state index contributed by atoms with van der Waals surface area (Å²) in [5, 5.41) is 16.0. The van der Waals surface area contributed by atoms with Gasteiger partial charge in [-0.1, -0.05) is 43.3 Å². The van der Waals surface area contributed by atoms with E-state index >= 15 is 0 Å². The minimum absolute atomic E-state index is 0.00708. The van der Waals surface area contributed by atoms with Crippen LogP contribution >= 0.6 is 0 Å². The Balaban J connectivity index is 1.50. The number of rotatable bonds is 6. The number of anilines is 1. The molecule has 0 amide bonds. The van der Waals surface area contributed by atoms with Crippen LogP contribution in [0.15, 0.2) is 67.0 Å². The fourth-order valence-electron chi connectivity index (χ4n) is 3.51. The van der Waals surface area contributed by atoms with Crippen molar-refractivity contribution < 1.29 is 4.74 Å². The van der Waals surface area contributed by atoms with Crippen LogP contribution in [0.4, 0.5) is 5.69 Å². The minimum Gasteiger partial charge on any atom is -0.469 e. The summed E-state index contributed by atoms with van der Waals surface area (Å²) >= 11 is 0. The second-order valence-corrected chi connectivity index (χ2v) is 7.18. The Morgan fingerprint density at radius 3 is 2.76 bits per heavy atom. The van der Waals surface area contributed by atoms with E-state index in [2.05, 4.69) is 45.7 Å². The molecule has 0 unspecified atom stereocenters. The van der Waals surface area contributed by atoms with E-state index in [0.717, 1.165) is 17.8 Å². The number of aromatic nitrogens is 2. The molecule has 2 aromatic heterocycles. The van der Waals surface area contributed by atoms with Crippen LogP contribution < -0.4 is 15.4 Å². The van der Waals surface area contributed by atoms with E-state index in [1.54, 1.807) is 18.5 Å². The summed E-state index contributed by atoms with van der Waals surface area (Å²) in [7, 11) is 0. The zero-order chi connectivity index (χ0) is 20.1. The maximum absolute atomic E-state index is 8.93. The molecule has 1 aromatic carbocycles. The lowest BCUT2D eigenvalue weighted by molar-refractivity contribution is 0.149. The Labute approximate surface area is 170 Å². The molecule has 2 N–H and O–H groups in total. The third-order valence-electron chi connectivity index (χ3n) is 5.17. The number of nitrogens with zero attached hydrogens (tertiary/aromatic N) is 3. The van der Waals surface area contributed by atoms with Crippen molar-refractivity contribution in [2.45, 2.75) is 25.0 Å². The molecule has 1 aliphatic rings. The molecule has 0 aliphatic carbocycles. The molecule has 1 aliphatic heterocycles. The second kappa shape index (κ2) is 8.72. The average Bonchev–Trinajstić information content (AvgIpc) is 2.79. The SMILES string of the molecule is C[C@@H](CN[C@H](c1ccccc1)[C@@H]1CNc2cccnc2O1)c1ccc(C#N)nc1. The smallest absolute Gasteiger partial charge is 0.237 e. The predicted octanol–water partition coefficient (Wildman–Crippen LogP) is 3.66. The number of nitrogens with one attached hydrogen (secondary N) is 2. The van der Waals surface area contributed by atoms with Gasteiger partial charge in [-0.15, -0.1) is 0 Å². The molecule has 0 bridgehead atoms. The number of hydrogen-bond donors (Lipinski definition) is 2. The number of nitriles is 1. The molecule has 4 rings (SSSR count). The highest BCUT2D eigenvalue weighted by Crippen LogP contribution is 2.30. The number of fused-ring (bicyclic) bond motifs is 1. The monoisotopic (exact) mass is 385 g/mol. The van der Waals surface area contributed by atoms with Crippen LogP contribution in [0.5, 0.6) is 5.88 Å². The predicted molar refractivity (Wildman–Crippen MR) is 112 cm³/mol. The van der Waals surface area contributed by atoms with Gasteiger partial charge in [-0.3, -0.25) is 0 Å². The largest absolute Gasteiger partial charge is 0.469 e. The first-order valence-corrected chi connectivity index (χ1v) is 9.74. The minimum atomic E-state index is -0.0916. The van der Waals surface area contributed by atoms with E-state index in [0.29, 0.717) is 18.1 Å². The van der Waals surface area contributed by atoms with Crippen molar-refractivity contribution >= 4 is 5.69 Å². The lowest BCUT2D eigenvalue weighted by Gasteiger charge is -2.33. The van der Waals surface area contributed by atoms with Crippen molar-refractivity contribution in [1.29, 1.82) is 5.26 Å². The van der Waals surface area contributed by atoms with Gasteiger partial charge < -0.3 is 15.4 Å². The molecule has 3 atom stereocenters. The van der Waals surface area contributed by atoms with Gasteiger partial charge in [0.15, 0.2) is 0 Å². The van der Waals surface area contributed by atoms with Gasteiger partial charge in [0.1, 0.15) is 17.9 Å². The number of benzene rings is 1. The van der Waals surface area contributed by atoms with Crippen LogP contribution in [-0.4, -0.2) is 29.2 Å². The number of ether oxygens (including phenoxy) is 1. The Bertz CT molecular complexity index is 984. The summed E-state index contributed by atoms with van der Waals surface area (Å²) in [6, 6.07) is 20.0. The first kappa shape index (κ1) is 18.9. The summed E-state index contributed by atoms with van der Waals surface area (Å²) in [5.74, 6) is 0.874. The van der Waals surface area contributed by atoms with E-state index in [4.69, 9.17) is 10.00 Å². The lowest BCUT2D eigenvalue weighted by atomic mass is 9.97. The first-order chi connectivity index (χ1) is 14.2. The van der Waals surface area contributed by atoms with Crippen LogP contribution in [0.25, 0.3) is 0 Å². The van der Waals surface area contributed by atoms with E-state index < -0.39 is 0 Å². The van der Waals surface area contributed by atoms with Crippen molar-refractivity contribution in [1.82, 2.24) is 15.3 Å². The van der Waals surface area contributed by atoms with Crippen LogP contribution in [0.3, 0.4) is 0 Å². The quantitative estimate of drug-likeness (QED) is 0.674. The van der Waals surface area contributed by atoms with E-state index in [9.17, 15) is 0 Å². The van der Waals surface area contributed by atoms with Crippen molar-refractivity contribution in [2.24, 2.45) is 0 Å². The zero-order valence-corrected chi connectivity index (χ0v) is 16.2. The molecule has 6 nitrogen and oxygen atoms in total. The fraction of sp³-hybridized carbons (Fsp3) is 0.261. The summed E-state index contributed by atoms with van der Waals surface area (Å²) in [4.78, 5) is 8.54. The van der Waals surface area contributed by atoms with Gasteiger partial charge in [0.25, 0.3) is 0 Å². The summed E-state index contributed by atoms with van der Waals surface area (Å²) in [5.41, 5.74) is 3.62. The van der Waals surface area contributed by atoms with Crippen LogP contribution in [0.1, 0.15) is 35.7 Å².